The summed E-state index contributed by atoms with van der Waals surface area (Å²) in [6.07, 6.45) is 3.64. The molecule has 1 aliphatic heterocycles. The van der Waals surface area contributed by atoms with Gasteiger partial charge in [-0.25, -0.2) is 4.98 Å². The third kappa shape index (κ3) is 2.01. The Balaban J connectivity index is 1.98. The molecule has 0 saturated carbocycles. The number of carboxylic acid groups (broad SMARTS) is 1. The molecule has 0 unspecified atom stereocenters. The van der Waals surface area contributed by atoms with Gasteiger partial charge in [0.15, 0.2) is 0 Å². The number of pyridine rings is 1. The van der Waals surface area contributed by atoms with Crippen LogP contribution in [0.1, 0.15) is 24.8 Å². The first-order chi connectivity index (χ1) is 8.99. The lowest BCUT2D eigenvalue weighted by molar-refractivity contribution is -0.139. The summed E-state index contributed by atoms with van der Waals surface area (Å²) in [5, 5.41) is 13.5. The summed E-state index contributed by atoms with van der Waals surface area (Å²) in [6, 6.07) is 3.33. The van der Waals surface area contributed by atoms with Crippen LogP contribution in [0.3, 0.4) is 0 Å². The zero-order chi connectivity index (χ0) is 13.6. The van der Waals surface area contributed by atoms with Crippen LogP contribution < -0.4 is 5.32 Å². The summed E-state index contributed by atoms with van der Waals surface area (Å²) in [5.74, 6) is -0.807. The molecule has 0 spiro atoms. The third-order valence-corrected chi connectivity index (χ3v) is 4.92. The number of fused-ring (bicyclic) bond motifs is 1. The molecule has 100 valence electrons. The molecule has 0 aromatic carbocycles. The van der Waals surface area contributed by atoms with Crippen LogP contribution in [-0.4, -0.2) is 31.8 Å². The maximum absolute atomic E-state index is 11.3. The van der Waals surface area contributed by atoms with E-state index in [2.05, 4.69) is 15.3 Å². The van der Waals surface area contributed by atoms with Crippen molar-refractivity contribution in [3.63, 3.8) is 0 Å². The van der Waals surface area contributed by atoms with Crippen LogP contribution in [0.4, 0.5) is 0 Å². The zero-order valence-electron chi connectivity index (χ0n) is 10.7. The molecule has 0 bridgehead atoms. The molecule has 3 N–H and O–H groups in total. The van der Waals surface area contributed by atoms with Gasteiger partial charge in [-0.05, 0) is 26.0 Å². The Morgan fingerprint density at radius 1 is 1.53 bits per heavy atom. The third-order valence-electron chi connectivity index (χ3n) is 3.45. The number of carbonyl (C=O) groups is 1. The van der Waals surface area contributed by atoms with Gasteiger partial charge in [0.05, 0.1) is 5.37 Å². The molecule has 3 heterocycles. The van der Waals surface area contributed by atoms with Gasteiger partial charge < -0.3 is 10.1 Å². The minimum absolute atomic E-state index is 0.0333. The number of rotatable bonds is 2. The molecule has 2 aromatic heterocycles. The second-order valence-corrected chi connectivity index (χ2v) is 6.94. The number of carboxylic acids is 1. The average molecular weight is 277 g/mol. The summed E-state index contributed by atoms with van der Waals surface area (Å²) >= 11 is 1.64. The van der Waals surface area contributed by atoms with Gasteiger partial charge in [-0.1, -0.05) is 0 Å². The monoisotopic (exact) mass is 277 g/mol. The molecule has 0 radical (unpaired) electrons. The van der Waals surface area contributed by atoms with Crippen molar-refractivity contribution in [2.75, 3.05) is 0 Å². The lowest BCUT2D eigenvalue weighted by Gasteiger charge is -2.20. The van der Waals surface area contributed by atoms with Gasteiger partial charge in [0.2, 0.25) is 0 Å². The number of aromatic nitrogens is 2. The molecule has 1 fully saturated rings. The molecular formula is C13H15N3O2S. The maximum Gasteiger partial charge on any atom is 0.322 e. The van der Waals surface area contributed by atoms with Gasteiger partial charge in [0, 0.05) is 28.1 Å². The van der Waals surface area contributed by atoms with E-state index >= 15 is 0 Å². The van der Waals surface area contributed by atoms with E-state index in [0.29, 0.717) is 0 Å². The van der Waals surface area contributed by atoms with Crippen LogP contribution in [-0.2, 0) is 4.79 Å². The van der Waals surface area contributed by atoms with Gasteiger partial charge in [-0.3, -0.25) is 10.1 Å². The molecule has 3 rings (SSSR count). The van der Waals surface area contributed by atoms with Gasteiger partial charge in [0.25, 0.3) is 0 Å². The molecular weight excluding hydrogens is 262 g/mol. The summed E-state index contributed by atoms with van der Waals surface area (Å²) < 4.78 is -0.345. The number of hydrogen-bond donors (Lipinski definition) is 3. The van der Waals surface area contributed by atoms with Crippen molar-refractivity contribution < 1.29 is 9.90 Å². The molecule has 0 amide bonds. The molecule has 2 aromatic rings. The van der Waals surface area contributed by atoms with Gasteiger partial charge >= 0.3 is 5.97 Å². The van der Waals surface area contributed by atoms with E-state index in [1.807, 2.05) is 32.2 Å². The Labute approximate surface area is 114 Å². The van der Waals surface area contributed by atoms with Crippen LogP contribution in [0.5, 0.6) is 0 Å². The smallest absolute Gasteiger partial charge is 0.322 e. The van der Waals surface area contributed by atoms with Crippen molar-refractivity contribution >= 4 is 28.8 Å². The first-order valence-corrected chi connectivity index (χ1v) is 6.96. The fourth-order valence-electron chi connectivity index (χ4n) is 2.47. The normalized spacial score (nSPS) is 25.8. The fourth-order valence-corrected chi connectivity index (χ4v) is 3.91. The van der Waals surface area contributed by atoms with Crippen LogP contribution >= 0.6 is 11.8 Å². The fraction of sp³-hybridized carbons (Fsp3) is 0.385. The quantitative estimate of drug-likeness (QED) is 0.784. The Morgan fingerprint density at radius 2 is 2.32 bits per heavy atom. The molecule has 0 aliphatic carbocycles. The number of nitrogens with zero attached hydrogens (tertiary/aromatic N) is 1. The van der Waals surface area contributed by atoms with Crippen molar-refractivity contribution in [2.24, 2.45) is 0 Å². The second kappa shape index (κ2) is 4.25. The standard InChI is InChI=1S/C13H15N3O2S/c1-13(2)9(12(17)18)16-11(19-13)8-6-15-10-7(8)4-3-5-14-10/h3-6,9,11,16H,1-2H3,(H,14,15)(H,17,18)/t9-,11+/m1/s1. The minimum atomic E-state index is -0.807. The number of H-pyrrole nitrogens is 1. The van der Waals surface area contributed by atoms with E-state index in [1.165, 1.54) is 0 Å². The Hall–Kier alpha value is -1.53. The topological polar surface area (TPSA) is 78.0 Å². The molecule has 6 heteroatoms. The minimum Gasteiger partial charge on any atom is -0.480 e. The van der Waals surface area contributed by atoms with Gasteiger partial charge in [-0.2, -0.15) is 0 Å². The summed E-state index contributed by atoms with van der Waals surface area (Å²) in [7, 11) is 0. The lowest BCUT2D eigenvalue weighted by Crippen LogP contribution is -2.43. The van der Waals surface area contributed by atoms with E-state index in [0.717, 1.165) is 16.6 Å². The predicted molar refractivity (Wildman–Crippen MR) is 75.1 cm³/mol. The predicted octanol–water partition coefficient (Wildman–Crippen LogP) is 2.13. The number of aromatic amines is 1. The van der Waals surface area contributed by atoms with Crippen molar-refractivity contribution in [3.8, 4) is 0 Å². The van der Waals surface area contributed by atoms with E-state index in [9.17, 15) is 9.90 Å². The van der Waals surface area contributed by atoms with Crippen molar-refractivity contribution in [3.05, 3.63) is 30.1 Å². The highest BCUT2D eigenvalue weighted by atomic mass is 32.2. The van der Waals surface area contributed by atoms with E-state index in [1.54, 1.807) is 18.0 Å². The average Bonchev–Trinajstić information content (AvgIpc) is 2.89. The zero-order valence-corrected chi connectivity index (χ0v) is 11.5. The first-order valence-electron chi connectivity index (χ1n) is 6.08. The molecule has 1 saturated heterocycles. The lowest BCUT2D eigenvalue weighted by atomic mass is 10.0. The van der Waals surface area contributed by atoms with Gasteiger partial charge in [0.1, 0.15) is 11.7 Å². The SMILES string of the molecule is CC1(C)S[C@@H](c2c[nH]c3ncccc23)N[C@@H]1C(=O)O. The number of nitrogens with one attached hydrogen (secondary N) is 2. The highest BCUT2D eigenvalue weighted by Gasteiger charge is 2.46. The van der Waals surface area contributed by atoms with Gasteiger partial charge in [-0.15, -0.1) is 11.8 Å². The van der Waals surface area contributed by atoms with Crippen molar-refractivity contribution in [1.29, 1.82) is 0 Å². The highest BCUT2D eigenvalue weighted by molar-refractivity contribution is 8.01. The number of aliphatic carboxylic acids is 1. The van der Waals surface area contributed by atoms with Crippen molar-refractivity contribution in [2.45, 2.75) is 30.0 Å². The summed E-state index contributed by atoms with van der Waals surface area (Å²) in [6.45, 7) is 3.91. The van der Waals surface area contributed by atoms with E-state index in [-0.39, 0.29) is 10.1 Å². The Kier molecular flexibility index (Phi) is 2.79. The largest absolute Gasteiger partial charge is 0.480 e. The highest BCUT2D eigenvalue weighted by Crippen LogP contribution is 2.47. The molecule has 2 atom stereocenters. The molecule has 5 nitrogen and oxygen atoms in total. The van der Waals surface area contributed by atoms with Crippen LogP contribution in [0.25, 0.3) is 11.0 Å². The summed E-state index contributed by atoms with van der Waals surface area (Å²) in [4.78, 5) is 18.7. The molecule has 1 aliphatic rings. The Morgan fingerprint density at radius 3 is 3.00 bits per heavy atom. The van der Waals surface area contributed by atoms with Crippen LogP contribution in [0.2, 0.25) is 0 Å². The first kappa shape index (κ1) is 12.5. The van der Waals surface area contributed by atoms with Crippen LogP contribution in [0, 0.1) is 0 Å². The second-order valence-electron chi connectivity index (χ2n) is 5.18. The Bertz CT molecular complexity index is 638. The van der Waals surface area contributed by atoms with E-state index < -0.39 is 12.0 Å². The van der Waals surface area contributed by atoms with Crippen LogP contribution in [0.15, 0.2) is 24.5 Å². The number of thioether (sulfide) groups is 1. The summed E-state index contributed by atoms with van der Waals surface area (Å²) in [5.41, 5.74) is 1.89. The van der Waals surface area contributed by atoms with Crippen molar-refractivity contribution in [1.82, 2.24) is 15.3 Å². The number of hydrogen-bond acceptors (Lipinski definition) is 4. The maximum atomic E-state index is 11.3. The van der Waals surface area contributed by atoms with E-state index in [4.69, 9.17) is 0 Å². The molecule has 19 heavy (non-hydrogen) atoms.